The molecule has 0 atom stereocenters. The predicted octanol–water partition coefficient (Wildman–Crippen LogP) is 2.07. The second-order valence-corrected chi connectivity index (χ2v) is 6.33. The first-order chi connectivity index (χ1) is 11.3. The molecule has 0 aliphatic carbocycles. The van der Waals surface area contributed by atoms with Crippen LogP contribution in [-0.2, 0) is 4.74 Å². The van der Waals surface area contributed by atoms with Gasteiger partial charge >= 0.3 is 0 Å². The van der Waals surface area contributed by atoms with Gasteiger partial charge in [0.15, 0.2) is 0 Å². The van der Waals surface area contributed by atoms with Gasteiger partial charge in [-0.3, -0.25) is 4.79 Å². The number of rotatable bonds is 4. The van der Waals surface area contributed by atoms with Gasteiger partial charge in [0, 0.05) is 38.4 Å². The molecule has 2 aliphatic heterocycles. The molecular weight excluding hydrogens is 292 g/mol. The molecule has 0 saturated carbocycles. The van der Waals surface area contributed by atoms with E-state index in [0.29, 0.717) is 17.4 Å². The van der Waals surface area contributed by atoms with Crippen molar-refractivity contribution in [2.24, 2.45) is 0 Å². The smallest absolute Gasteiger partial charge is 0.255 e. The fourth-order valence-corrected chi connectivity index (χ4v) is 3.55. The summed E-state index contributed by atoms with van der Waals surface area (Å²) in [4.78, 5) is 15.0. The first-order valence-corrected chi connectivity index (χ1v) is 8.53. The van der Waals surface area contributed by atoms with Crippen molar-refractivity contribution in [3.05, 3.63) is 29.8 Å². The Balaban J connectivity index is 1.51. The number of carbonyl (C=O) groups excluding carboxylic acids is 1. The summed E-state index contributed by atoms with van der Waals surface area (Å²) in [6.45, 7) is 3.88. The molecule has 1 aromatic rings. The van der Waals surface area contributed by atoms with Crippen LogP contribution >= 0.6 is 0 Å². The predicted molar refractivity (Wildman–Crippen MR) is 88.9 cm³/mol. The number of methoxy groups -OCH3 is 1. The van der Waals surface area contributed by atoms with Gasteiger partial charge in [-0.05, 0) is 37.8 Å². The Bertz CT molecular complexity index is 521. The number of nitrogens with zero attached hydrogens (tertiary/aromatic N) is 1. The van der Waals surface area contributed by atoms with Crippen LogP contribution in [0.15, 0.2) is 24.3 Å². The molecule has 2 heterocycles. The SMILES string of the molecule is COc1ccccc1C(=O)NC1CCN(C2CCOCC2)CC1. The van der Waals surface area contributed by atoms with Crippen molar-refractivity contribution in [2.75, 3.05) is 33.4 Å². The van der Waals surface area contributed by atoms with Crippen molar-refractivity contribution >= 4 is 5.91 Å². The van der Waals surface area contributed by atoms with Crippen LogP contribution in [0, 0.1) is 0 Å². The van der Waals surface area contributed by atoms with Crippen molar-refractivity contribution in [1.82, 2.24) is 10.2 Å². The summed E-state index contributed by atoms with van der Waals surface area (Å²) in [5, 5.41) is 3.16. The molecule has 0 spiro atoms. The second-order valence-electron chi connectivity index (χ2n) is 6.33. The molecule has 0 radical (unpaired) electrons. The minimum atomic E-state index is -0.0352. The third-order valence-corrected chi connectivity index (χ3v) is 4.92. The first-order valence-electron chi connectivity index (χ1n) is 8.53. The lowest BCUT2D eigenvalue weighted by molar-refractivity contribution is 0.0238. The number of piperidine rings is 1. The standard InChI is InChI=1S/C18H26N2O3/c1-22-17-5-3-2-4-16(17)18(21)19-14-6-10-20(11-7-14)15-8-12-23-13-9-15/h2-5,14-15H,6-13H2,1H3,(H,19,21). The largest absolute Gasteiger partial charge is 0.496 e. The van der Waals surface area contributed by atoms with Crippen molar-refractivity contribution in [1.29, 1.82) is 0 Å². The van der Waals surface area contributed by atoms with Crippen LogP contribution in [0.3, 0.4) is 0 Å². The third-order valence-electron chi connectivity index (χ3n) is 4.92. The molecular formula is C18H26N2O3. The van der Waals surface area contributed by atoms with Gasteiger partial charge in [-0.15, -0.1) is 0 Å². The van der Waals surface area contributed by atoms with Crippen molar-refractivity contribution in [3.63, 3.8) is 0 Å². The van der Waals surface area contributed by atoms with Gasteiger partial charge < -0.3 is 19.7 Å². The van der Waals surface area contributed by atoms with Crippen molar-refractivity contribution in [2.45, 2.75) is 37.8 Å². The topological polar surface area (TPSA) is 50.8 Å². The van der Waals surface area contributed by atoms with E-state index in [0.717, 1.165) is 52.0 Å². The Morgan fingerprint density at radius 3 is 2.57 bits per heavy atom. The molecule has 5 nitrogen and oxygen atoms in total. The molecule has 126 valence electrons. The van der Waals surface area contributed by atoms with E-state index in [2.05, 4.69) is 10.2 Å². The summed E-state index contributed by atoms with van der Waals surface area (Å²) in [7, 11) is 1.60. The van der Waals surface area contributed by atoms with Gasteiger partial charge in [0.2, 0.25) is 0 Å². The van der Waals surface area contributed by atoms with E-state index in [1.807, 2.05) is 24.3 Å². The summed E-state index contributed by atoms with van der Waals surface area (Å²) in [6, 6.07) is 8.29. The van der Waals surface area contributed by atoms with E-state index in [-0.39, 0.29) is 11.9 Å². The van der Waals surface area contributed by atoms with Crippen LogP contribution in [0.1, 0.15) is 36.0 Å². The van der Waals surface area contributed by atoms with Gasteiger partial charge in [-0.1, -0.05) is 12.1 Å². The number of ether oxygens (including phenoxy) is 2. The van der Waals surface area contributed by atoms with Gasteiger partial charge in [0.25, 0.3) is 5.91 Å². The van der Waals surface area contributed by atoms with Gasteiger partial charge in [0.1, 0.15) is 5.75 Å². The number of carbonyl (C=O) groups is 1. The van der Waals surface area contributed by atoms with E-state index >= 15 is 0 Å². The zero-order valence-electron chi connectivity index (χ0n) is 13.8. The number of amides is 1. The molecule has 2 saturated heterocycles. The molecule has 1 aromatic carbocycles. The number of hydrogen-bond acceptors (Lipinski definition) is 4. The summed E-state index contributed by atoms with van der Waals surface area (Å²) >= 11 is 0. The maximum atomic E-state index is 12.5. The molecule has 23 heavy (non-hydrogen) atoms. The first kappa shape index (κ1) is 16.3. The average molecular weight is 318 g/mol. The number of nitrogens with one attached hydrogen (secondary N) is 1. The van der Waals surface area contributed by atoms with Crippen LogP contribution < -0.4 is 10.1 Å². The molecule has 0 aromatic heterocycles. The Labute approximate surface area is 137 Å². The lowest BCUT2D eigenvalue weighted by Crippen LogP contribution is -2.49. The van der Waals surface area contributed by atoms with E-state index < -0.39 is 0 Å². The lowest BCUT2D eigenvalue weighted by Gasteiger charge is -2.39. The minimum Gasteiger partial charge on any atom is -0.496 e. The van der Waals surface area contributed by atoms with Gasteiger partial charge in [0.05, 0.1) is 12.7 Å². The summed E-state index contributed by atoms with van der Waals surface area (Å²) < 4.78 is 10.7. The Kier molecular flexibility index (Phi) is 5.51. The number of benzene rings is 1. The van der Waals surface area contributed by atoms with Crippen molar-refractivity contribution in [3.8, 4) is 5.75 Å². The normalized spacial score (nSPS) is 21.1. The zero-order chi connectivity index (χ0) is 16.1. The summed E-state index contributed by atoms with van der Waals surface area (Å²) in [5.74, 6) is 0.594. The quantitative estimate of drug-likeness (QED) is 0.923. The molecule has 2 aliphatic rings. The highest BCUT2D eigenvalue weighted by molar-refractivity contribution is 5.97. The molecule has 2 fully saturated rings. The highest BCUT2D eigenvalue weighted by Gasteiger charge is 2.27. The van der Waals surface area contributed by atoms with E-state index in [1.165, 1.54) is 0 Å². The van der Waals surface area contributed by atoms with Crippen LogP contribution in [0.2, 0.25) is 0 Å². The van der Waals surface area contributed by atoms with Crippen molar-refractivity contribution < 1.29 is 14.3 Å². The third kappa shape index (κ3) is 4.03. The average Bonchev–Trinajstić information content (AvgIpc) is 2.63. The van der Waals surface area contributed by atoms with Crippen LogP contribution in [0.25, 0.3) is 0 Å². The van der Waals surface area contributed by atoms with E-state index in [4.69, 9.17) is 9.47 Å². The molecule has 1 N–H and O–H groups in total. The maximum Gasteiger partial charge on any atom is 0.255 e. The Morgan fingerprint density at radius 2 is 1.87 bits per heavy atom. The zero-order valence-corrected chi connectivity index (χ0v) is 13.8. The van der Waals surface area contributed by atoms with Crippen LogP contribution in [0.4, 0.5) is 0 Å². The fourth-order valence-electron chi connectivity index (χ4n) is 3.55. The molecule has 5 heteroatoms. The van der Waals surface area contributed by atoms with E-state index in [9.17, 15) is 4.79 Å². The van der Waals surface area contributed by atoms with Crippen LogP contribution in [0.5, 0.6) is 5.75 Å². The maximum absolute atomic E-state index is 12.5. The minimum absolute atomic E-state index is 0.0352. The Hall–Kier alpha value is -1.59. The molecule has 0 bridgehead atoms. The number of likely N-dealkylation sites (tertiary alicyclic amines) is 1. The highest BCUT2D eigenvalue weighted by Crippen LogP contribution is 2.21. The molecule has 3 rings (SSSR count). The van der Waals surface area contributed by atoms with E-state index in [1.54, 1.807) is 7.11 Å². The second kappa shape index (κ2) is 7.79. The van der Waals surface area contributed by atoms with Gasteiger partial charge in [-0.2, -0.15) is 0 Å². The number of hydrogen-bond donors (Lipinski definition) is 1. The fraction of sp³-hybridized carbons (Fsp3) is 0.611. The highest BCUT2D eigenvalue weighted by atomic mass is 16.5. The monoisotopic (exact) mass is 318 g/mol. The summed E-state index contributed by atoms with van der Waals surface area (Å²) in [5.41, 5.74) is 0.613. The summed E-state index contributed by atoms with van der Waals surface area (Å²) in [6.07, 6.45) is 4.30. The van der Waals surface area contributed by atoms with Crippen LogP contribution in [-0.4, -0.2) is 56.3 Å². The lowest BCUT2D eigenvalue weighted by atomic mass is 9.99. The molecule has 1 amide bonds. The molecule has 0 unspecified atom stereocenters. The Morgan fingerprint density at radius 1 is 1.17 bits per heavy atom. The number of para-hydroxylation sites is 1. The van der Waals surface area contributed by atoms with Gasteiger partial charge in [-0.25, -0.2) is 0 Å².